The molecule has 1 aromatic rings. The minimum atomic E-state index is -4.07. The average molecular weight is 264 g/mol. The van der Waals surface area contributed by atoms with Crippen molar-refractivity contribution in [1.82, 2.24) is 4.72 Å². The van der Waals surface area contributed by atoms with Crippen LogP contribution >= 0.6 is 11.6 Å². The van der Waals surface area contributed by atoms with Gasteiger partial charge in [-0.1, -0.05) is 11.6 Å². The van der Waals surface area contributed by atoms with Crippen molar-refractivity contribution >= 4 is 33.3 Å². The summed E-state index contributed by atoms with van der Waals surface area (Å²) in [4.78, 5) is 10.2. The zero-order chi connectivity index (χ0) is 12.5. The maximum atomic E-state index is 11.6. The minimum absolute atomic E-state index is 0.0274. The first-order chi connectivity index (χ1) is 7.24. The predicted molar refractivity (Wildman–Crippen MR) is 60.5 cm³/mol. The summed E-state index contributed by atoms with van der Waals surface area (Å²) in [6.45, 7) is 1.68. The summed E-state index contributed by atoms with van der Waals surface area (Å²) in [6, 6.07) is 1.38. The van der Waals surface area contributed by atoms with E-state index >= 15 is 0 Å². The van der Waals surface area contributed by atoms with E-state index in [1.807, 2.05) is 0 Å². The van der Waals surface area contributed by atoms with Crippen LogP contribution in [-0.2, 0) is 10.0 Å². The van der Waals surface area contributed by atoms with E-state index in [1.54, 1.807) is 11.6 Å². The summed E-state index contributed by atoms with van der Waals surface area (Å²) >= 11 is 5.74. The molecule has 0 saturated carbocycles. The maximum Gasteiger partial charge on any atom is 0.326 e. The van der Waals surface area contributed by atoms with Crippen molar-refractivity contribution in [3.63, 3.8) is 0 Å². The number of aryl methyl sites for hydroxylation is 1. The summed E-state index contributed by atoms with van der Waals surface area (Å²) in [6.07, 6.45) is 0. The molecule has 0 aliphatic rings. The van der Waals surface area contributed by atoms with E-state index in [0.717, 1.165) is 0 Å². The summed E-state index contributed by atoms with van der Waals surface area (Å²) < 4.78 is 24.7. The number of nitrogens with one attached hydrogen (secondary N) is 1. The number of nitrogen functional groups attached to an aromatic ring is 1. The molecule has 1 aromatic carbocycles. The van der Waals surface area contributed by atoms with E-state index in [-0.39, 0.29) is 15.6 Å². The number of carbonyl (C=O) groups excluding carboxylic acids is 1. The van der Waals surface area contributed by atoms with Gasteiger partial charge < -0.3 is 11.5 Å². The third kappa shape index (κ3) is 2.56. The summed E-state index contributed by atoms with van der Waals surface area (Å²) in [7, 11) is -4.07. The van der Waals surface area contributed by atoms with Crippen LogP contribution in [0.1, 0.15) is 5.56 Å². The number of benzene rings is 1. The van der Waals surface area contributed by atoms with Crippen molar-refractivity contribution in [3.8, 4) is 0 Å². The van der Waals surface area contributed by atoms with Crippen LogP contribution in [0.25, 0.3) is 0 Å². The Labute approximate surface area is 97.6 Å². The third-order valence-corrected chi connectivity index (χ3v) is 3.66. The number of hydrogen-bond acceptors (Lipinski definition) is 4. The Hall–Kier alpha value is -1.47. The van der Waals surface area contributed by atoms with Crippen molar-refractivity contribution in [1.29, 1.82) is 0 Å². The normalized spacial score (nSPS) is 11.1. The molecular formula is C8H10ClN3O3S. The SMILES string of the molecule is Cc1cc(Cl)c(S(=O)(=O)NC(N)=O)cc1N. The first-order valence-electron chi connectivity index (χ1n) is 4.12. The van der Waals surface area contributed by atoms with E-state index < -0.39 is 16.1 Å². The second-order valence-electron chi connectivity index (χ2n) is 3.11. The van der Waals surface area contributed by atoms with Gasteiger partial charge in [-0.15, -0.1) is 0 Å². The molecule has 0 fully saturated rings. The van der Waals surface area contributed by atoms with Gasteiger partial charge >= 0.3 is 6.03 Å². The lowest BCUT2D eigenvalue weighted by Gasteiger charge is -2.09. The standard InChI is InChI=1S/C8H10ClN3O3S/c1-4-2-5(9)7(3-6(4)10)16(14,15)12-8(11)13/h2-3H,10H2,1H3,(H3,11,12,13). The van der Waals surface area contributed by atoms with E-state index in [1.165, 1.54) is 12.1 Å². The van der Waals surface area contributed by atoms with Gasteiger partial charge in [0.05, 0.1) is 5.02 Å². The molecule has 0 bridgehead atoms. The molecule has 8 heteroatoms. The molecule has 0 spiro atoms. The Bertz CT molecular complexity index is 542. The van der Waals surface area contributed by atoms with E-state index in [4.69, 9.17) is 23.1 Å². The fourth-order valence-corrected chi connectivity index (χ4v) is 2.56. The zero-order valence-electron chi connectivity index (χ0n) is 8.32. The topological polar surface area (TPSA) is 115 Å². The van der Waals surface area contributed by atoms with E-state index in [0.29, 0.717) is 5.56 Å². The second-order valence-corrected chi connectivity index (χ2v) is 5.17. The molecule has 0 aliphatic heterocycles. The molecule has 0 radical (unpaired) electrons. The van der Waals surface area contributed by atoms with Crippen LogP contribution in [0.5, 0.6) is 0 Å². The molecule has 0 saturated heterocycles. The fourth-order valence-electron chi connectivity index (χ4n) is 1.06. The molecular weight excluding hydrogens is 254 g/mol. The van der Waals surface area contributed by atoms with Crippen LogP contribution in [0.2, 0.25) is 5.02 Å². The number of nitrogens with two attached hydrogens (primary N) is 2. The van der Waals surface area contributed by atoms with Crippen LogP contribution in [-0.4, -0.2) is 14.4 Å². The quantitative estimate of drug-likeness (QED) is 0.677. The summed E-state index contributed by atoms with van der Waals surface area (Å²) in [5.41, 5.74) is 11.2. The van der Waals surface area contributed by atoms with Gasteiger partial charge in [0.2, 0.25) is 0 Å². The molecule has 0 unspecified atom stereocenters. The van der Waals surface area contributed by atoms with Crippen LogP contribution in [0.3, 0.4) is 0 Å². The van der Waals surface area contributed by atoms with Crippen LogP contribution in [0.4, 0.5) is 10.5 Å². The molecule has 0 aromatic heterocycles. The van der Waals surface area contributed by atoms with Crippen LogP contribution in [0.15, 0.2) is 17.0 Å². The number of hydrogen-bond donors (Lipinski definition) is 3. The largest absolute Gasteiger partial charge is 0.398 e. The Kier molecular flexibility index (Phi) is 3.30. The highest BCUT2D eigenvalue weighted by Crippen LogP contribution is 2.26. The van der Waals surface area contributed by atoms with Crippen molar-refractivity contribution < 1.29 is 13.2 Å². The van der Waals surface area contributed by atoms with Gasteiger partial charge in [0.25, 0.3) is 10.0 Å². The highest BCUT2D eigenvalue weighted by atomic mass is 35.5. The van der Waals surface area contributed by atoms with Gasteiger partial charge in [0, 0.05) is 5.69 Å². The van der Waals surface area contributed by atoms with Gasteiger partial charge in [-0.05, 0) is 24.6 Å². The smallest absolute Gasteiger partial charge is 0.326 e. The number of amides is 2. The fraction of sp³-hybridized carbons (Fsp3) is 0.125. The molecule has 2 amide bonds. The molecule has 0 aliphatic carbocycles. The highest BCUT2D eigenvalue weighted by molar-refractivity contribution is 7.90. The second kappa shape index (κ2) is 4.18. The average Bonchev–Trinajstić information content (AvgIpc) is 2.08. The first kappa shape index (κ1) is 12.6. The molecule has 0 heterocycles. The lowest BCUT2D eigenvalue weighted by atomic mass is 10.2. The Morgan fingerprint density at radius 2 is 2.00 bits per heavy atom. The van der Waals surface area contributed by atoms with Crippen LogP contribution < -0.4 is 16.2 Å². The number of carbonyl (C=O) groups is 1. The van der Waals surface area contributed by atoms with E-state index in [9.17, 15) is 13.2 Å². The Morgan fingerprint density at radius 3 is 2.50 bits per heavy atom. The molecule has 1 rings (SSSR count). The van der Waals surface area contributed by atoms with Crippen molar-refractivity contribution in [2.75, 3.05) is 5.73 Å². The van der Waals surface area contributed by atoms with Crippen molar-refractivity contribution in [2.45, 2.75) is 11.8 Å². The predicted octanol–water partition coefficient (Wildman–Crippen LogP) is 0.588. The molecule has 88 valence electrons. The maximum absolute atomic E-state index is 11.6. The molecule has 6 nitrogen and oxygen atoms in total. The molecule has 0 atom stereocenters. The van der Waals surface area contributed by atoms with Crippen molar-refractivity contribution in [2.24, 2.45) is 5.73 Å². The molecule has 16 heavy (non-hydrogen) atoms. The van der Waals surface area contributed by atoms with Crippen molar-refractivity contribution in [3.05, 3.63) is 22.7 Å². The van der Waals surface area contributed by atoms with Gasteiger partial charge in [-0.3, -0.25) is 0 Å². The zero-order valence-corrected chi connectivity index (χ0v) is 9.89. The third-order valence-electron chi connectivity index (χ3n) is 1.85. The van der Waals surface area contributed by atoms with Gasteiger partial charge in [-0.25, -0.2) is 17.9 Å². The Balaban J connectivity index is 3.34. The monoisotopic (exact) mass is 263 g/mol. The number of primary amides is 1. The number of sulfonamides is 1. The van der Waals surface area contributed by atoms with Gasteiger partial charge in [-0.2, -0.15) is 0 Å². The van der Waals surface area contributed by atoms with Crippen LogP contribution in [0, 0.1) is 6.92 Å². The van der Waals surface area contributed by atoms with Gasteiger partial charge in [0.15, 0.2) is 0 Å². The first-order valence-corrected chi connectivity index (χ1v) is 5.98. The summed E-state index contributed by atoms with van der Waals surface area (Å²) in [5.74, 6) is 0. The number of rotatable bonds is 2. The molecule has 5 N–H and O–H groups in total. The highest BCUT2D eigenvalue weighted by Gasteiger charge is 2.20. The van der Waals surface area contributed by atoms with Gasteiger partial charge in [0.1, 0.15) is 4.90 Å². The Morgan fingerprint density at radius 1 is 1.44 bits per heavy atom. The lowest BCUT2D eigenvalue weighted by Crippen LogP contribution is -2.35. The summed E-state index contributed by atoms with van der Waals surface area (Å²) in [5, 5.41) is -0.0274. The number of urea groups is 1. The number of halogens is 1. The minimum Gasteiger partial charge on any atom is -0.398 e. The number of anilines is 1. The lowest BCUT2D eigenvalue weighted by molar-refractivity contribution is 0.253. The van der Waals surface area contributed by atoms with E-state index in [2.05, 4.69) is 0 Å².